The lowest BCUT2D eigenvalue weighted by Gasteiger charge is -2.00. The molecule has 0 atom stereocenters. The summed E-state index contributed by atoms with van der Waals surface area (Å²) < 4.78 is 4.55. The number of benzene rings is 2. The van der Waals surface area contributed by atoms with Gasteiger partial charge in [-0.15, -0.1) is 0 Å². The predicted molar refractivity (Wildman–Crippen MR) is 97.6 cm³/mol. The average molecular weight is 299 g/mol. The quantitative estimate of drug-likeness (QED) is 0.478. The molecule has 0 N–H and O–H groups in total. The fourth-order valence-corrected chi connectivity index (χ4v) is 3.46. The lowest BCUT2D eigenvalue weighted by Crippen LogP contribution is -2.38. The summed E-state index contributed by atoms with van der Waals surface area (Å²) in [5, 5.41) is 3.47. The van der Waals surface area contributed by atoms with Gasteiger partial charge >= 0.3 is 0 Å². The maximum atomic E-state index is 4.40. The van der Waals surface area contributed by atoms with Crippen LogP contribution in [-0.4, -0.2) is 4.40 Å². The molecule has 0 aliphatic rings. The van der Waals surface area contributed by atoms with E-state index in [4.69, 9.17) is 0 Å². The Morgan fingerprint density at radius 3 is 2.48 bits per heavy atom. The lowest BCUT2D eigenvalue weighted by atomic mass is 10.1. The van der Waals surface area contributed by atoms with Gasteiger partial charge in [0.25, 0.3) is 5.65 Å². The van der Waals surface area contributed by atoms with Crippen LogP contribution in [0.25, 0.3) is 40.2 Å². The minimum Gasteiger partial charge on any atom is -0.225 e. The van der Waals surface area contributed by atoms with Crippen molar-refractivity contribution in [1.82, 2.24) is 4.40 Å². The molecule has 0 saturated heterocycles. The SMILES string of the molecule is C=c1/c(=C\C=C/C)c2ccccc2n2c3ccccc3[n+](C)c12. The highest BCUT2D eigenvalue weighted by atomic mass is 15.1. The minimum atomic E-state index is 1.06. The van der Waals surface area contributed by atoms with Crippen molar-refractivity contribution in [1.29, 1.82) is 0 Å². The van der Waals surface area contributed by atoms with Crippen LogP contribution in [0, 0.1) is 0 Å². The van der Waals surface area contributed by atoms with E-state index in [1.165, 1.54) is 27.2 Å². The second-order valence-electron chi connectivity index (χ2n) is 5.81. The van der Waals surface area contributed by atoms with Crippen molar-refractivity contribution in [2.75, 3.05) is 0 Å². The molecule has 0 saturated carbocycles. The van der Waals surface area contributed by atoms with Gasteiger partial charge in [0.05, 0.1) is 12.3 Å². The van der Waals surface area contributed by atoms with Crippen LogP contribution in [0.1, 0.15) is 6.92 Å². The molecule has 0 unspecified atom stereocenters. The molecule has 4 aromatic rings. The first-order valence-electron chi connectivity index (χ1n) is 7.86. The van der Waals surface area contributed by atoms with Gasteiger partial charge in [0.2, 0.25) is 0 Å². The summed E-state index contributed by atoms with van der Waals surface area (Å²) in [4.78, 5) is 0. The molecule has 0 aliphatic heterocycles. The third kappa shape index (κ3) is 1.85. The molecule has 0 spiro atoms. The zero-order valence-electron chi connectivity index (χ0n) is 13.5. The maximum absolute atomic E-state index is 4.40. The van der Waals surface area contributed by atoms with Gasteiger partial charge < -0.3 is 0 Å². The van der Waals surface area contributed by atoms with Crippen molar-refractivity contribution in [2.24, 2.45) is 7.05 Å². The van der Waals surface area contributed by atoms with E-state index in [1.54, 1.807) is 0 Å². The van der Waals surface area contributed by atoms with Gasteiger partial charge in [-0.05, 0) is 25.1 Å². The van der Waals surface area contributed by atoms with Crippen LogP contribution >= 0.6 is 0 Å². The summed E-state index contributed by atoms with van der Waals surface area (Å²) in [6.07, 6.45) is 6.28. The number of hydrogen-bond acceptors (Lipinski definition) is 0. The van der Waals surface area contributed by atoms with Crippen LogP contribution in [0.15, 0.2) is 60.7 Å². The van der Waals surface area contributed by atoms with Gasteiger partial charge in [-0.3, -0.25) is 0 Å². The summed E-state index contributed by atoms with van der Waals surface area (Å²) in [6.45, 7) is 6.43. The van der Waals surface area contributed by atoms with Gasteiger partial charge in [-0.1, -0.05) is 55.1 Å². The fraction of sp³-hybridized carbons (Fsp3) is 0.0952. The van der Waals surface area contributed by atoms with Gasteiger partial charge in [0.1, 0.15) is 5.52 Å². The number of imidazole rings is 1. The Morgan fingerprint density at radius 1 is 1.00 bits per heavy atom. The Bertz CT molecular complexity index is 1190. The highest BCUT2D eigenvalue weighted by Gasteiger charge is 2.20. The molecular weight excluding hydrogens is 280 g/mol. The first-order chi connectivity index (χ1) is 11.2. The van der Waals surface area contributed by atoms with Crippen molar-refractivity contribution < 1.29 is 4.57 Å². The number of allylic oxidation sites excluding steroid dienone is 2. The van der Waals surface area contributed by atoms with E-state index in [0.29, 0.717) is 0 Å². The lowest BCUT2D eigenvalue weighted by molar-refractivity contribution is -0.618. The van der Waals surface area contributed by atoms with Gasteiger partial charge in [0.15, 0.2) is 11.0 Å². The van der Waals surface area contributed by atoms with Crippen LogP contribution in [0.4, 0.5) is 0 Å². The van der Waals surface area contributed by atoms with Crippen LogP contribution < -0.4 is 15.0 Å². The molecule has 2 heteroatoms. The average Bonchev–Trinajstić information content (AvgIpc) is 2.89. The van der Waals surface area contributed by atoms with E-state index in [1.807, 2.05) is 13.0 Å². The monoisotopic (exact) mass is 299 g/mol. The molecule has 112 valence electrons. The number of hydrogen-bond donors (Lipinski definition) is 0. The molecule has 23 heavy (non-hydrogen) atoms. The van der Waals surface area contributed by atoms with E-state index < -0.39 is 0 Å². The molecule has 2 aromatic heterocycles. The van der Waals surface area contributed by atoms with Crippen molar-refractivity contribution in [3.63, 3.8) is 0 Å². The molecule has 2 aromatic carbocycles. The molecule has 0 amide bonds. The Kier molecular flexibility index (Phi) is 3.05. The Labute approximate surface area is 134 Å². The number of fused-ring (bicyclic) bond motifs is 5. The zero-order valence-corrected chi connectivity index (χ0v) is 13.5. The molecule has 0 aliphatic carbocycles. The van der Waals surface area contributed by atoms with Crippen molar-refractivity contribution in [2.45, 2.75) is 6.92 Å². The Morgan fingerprint density at radius 2 is 1.70 bits per heavy atom. The molecule has 2 heterocycles. The van der Waals surface area contributed by atoms with Crippen molar-refractivity contribution in [3.05, 3.63) is 71.1 Å². The number of para-hydroxylation sites is 3. The Balaban J connectivity index is 2.44. The number of nitrogens with zero attached hydrogens (tertiary/aromatic N) is 2. The van der Waals surface area contributed by atoms with Crippen molar-refractivity contribution in [3.8, 4) is 0 Å². The maximum Gasteiger partial charge on any atom is 0.294 e. The van der Waals surface area contributed by atoms with E-state index in [0.717, 1.165) is 10.9 Å². The summed E-state index contributed by atoms with van der Waals surface area (Å²) in [6, 6.07) is 17.0. The summed E-state index contributed by atoms with van der Waals surface area (Å²) in [5.74, 6) is 0. The summed E-state index contributed by atoms with van der Waals surface area (Å²) in [5.41, 5.74) is 4.78. The normalized spacial score (nSPS) is 13.0. The molecule has 0 radical (unpaired) electrons. The highest BCUT2D eigenvalue weighted by Crippen LogP contribution is 2.17. The Hall–Kier alpha value is -2.87. The topological polar surface area (TPSA) is 8.29 Å². The summed E-state index contributed by atoms with van der Waals surface area (Å²) >= 11 is 0. The van der Waals surface area contributed by atoms with Crippen LogP contribution in [0.2, 0.25) is 0 Å². The van der Waals surface area contributed by atoms with E-state index in [2.05, 4.69) is 83.3 Å². The largest absolute Gasteiger partial charge is 0.294 e. The third-order valence-electron chi connectivity index (χ3n) is 4.50. The first kappa shape index (κ1) is 13.8. The minimum absolute atomic E-state index is 1.06. The summed E-state index contributed by atoms with van der Waals surface area (Å²) in [7, 11) is 2.11. The van der Waals surface area contributed by atoms with E-state index >= 15 is 0 Å². The van der Waals surface area contributed by atoms with E-state index in [9.17, 15) is 0 Å². The zero-order chi connectivity index (χ0) is 16.0. The number of rotatable bonds is 1. The van der Waals surface area contributed by atoms with Crippen LogP contribution in [0.3, 0.4) is 0 Å². The smallest absolute Gasteiger partial charge is 0.225 e. The third-order valence-corrected chi connectivity index (χ3v) is 4.50. The van der Waals surface area contributed by atoms with Gasteiger partial charge in [0, 0.05) is 10.6 Å². The highest BCUT2D eigenvalue weighted by molar-refractivity contribution is 5.89. The molecular formula is C21H19N2+. The second kappa shape index (κ2) is 5.10. The van der Waals surface area contributed by atoms with Gasteiger partial charge in [-0.25, -0.2) is 4.57 Å². The molecule has 2 nitrogen and oxygen atoms in total. The van der Waals surface area contributed by atoms with E-state index in [-0.39, 0.29) is 0 Å². The van der Waals surface area contributed by atoms with Crippen LogP contribution in [-0.2, 0) is 7.05 Å². The van der Waals surface area contributed by atoms with Crippen LogP contribution in [0.5, 0.6) is 0 Å². The molecule has 4 rings (SSSR count). The fourth-order valence-electron chi connectivity index (χ4n) is 3.46. The van der Waals surface area contributed by atoms with Crippen molar-refractivity contribution >= 4 is 40.2 Å². The molecule has 0 fully saturated rings. The standard InChI is InChI=1S/C21H19N2/c1-4-5-10-16-15(2)21-22(3)19-13-8-9-14-20(19)23(21)18-12-7-6-11-17(16)18/h4-14H,2H2,1,3H3/q+1/b5-4-,16-10+. The molecule has 0 bridgehead atoms. The second-order valence-corrected chi connectivity index (χ2v) is 5.81. The predicted octanol–water partition coefficient (Wildman–Crippen LogP) is 2.84. The number of aromatic nitrogens is 2. The number of pyridine rings is 1. The number of aryl methyl sites for hydroxylation is 1. The first-order valence-corrected chi connectivity index (χ1v) is 7.86. The van der Waals surface area contributed by atoms with Gasteiger partial charge in [-0.2, -0.15) is 4.40 Å².